The molecule has 0 atom stereocenters. The summed E-state index contributed by atoms with van der Waals surface area (Å²) in [6, 6.07) is 17.9. The fourth-order valence-electron chi connectivity index (χ4n) is 4.40. The highest BCUT2D eigenvalue weighted by Crippen LogP contribution is 2.22. The van der Waals surface area contributed by atoms with Gasteiger partial charge in [-0.05, 0) is 49.0 Å². The minimum atomic E-state index is -3.45. The Kier molecular flexibility index (Phi) is 6.46. The van der Waals surface area contributed by atoms with Crippen LogP contribution in [-0.2, 0) is 16.4 Å². The van der Waals surface area contributed by atoms with Gasteiger partial charge in [-0.3, -0.25) is 9.36 Å². The number of nitrogens with one attached hydrogen (secondary N) is 1. The molecule has 186 valence electrons. The maximum atomic E-state index is 12.8. The number of sulfone groups is 1. The van der Waals surface area contributed by atoms with E-state index in [2.05, 4.69) is 44.3 Å². The zero-order valence-electron chi connectivity index (χ0n) is 20.3. The van der Waals surface area contributed by atoms with Gasteiger partial charge in [-0.25, -0.2) is 13.4 Å². The van der Waals surface area contributed by atoms with Crippen LogP contribution in [0.2, 0.25) is 0 Å². The lowest BCUT2D eigenvalue weighted by atomic mass is 10.2. The topological polar surface area (TPSA) is 100 Å². The largest absolute Gasteiger partial charge is 0.369 e. The molecule has 5 rings (SSSR count). The van der Waals surface area contributed by atoms with Crippen LogP contribution in [0.4, 0.5) is 17.3 Å². The van der Waals surface area contributed by atoms with Crippen LogP contribution in [0.1, 0.15) is 5.56 Å². The highest BCUT2D eigenvalue weighted by Gasteiger charge is 2.16. The van der Waals surface area contributed by atoms with Crippen molar-refractivity contribution in [3.8, 4) is 0 Å². The first kappa shape index (κ1) is 24.0. The van der Waals surface area contributed by atoms with Crippen LogP contribution < -0.4 is 15.8 Å². The SMILES string of the molecule is CN1CCN(c2ccc(Nc3ncc4ccc(=O)n(Cc5ccccc5S(C)(=O)=O)c4n3)cc2)CC1. The van der Waals surface area contributed by atoms with Gasteiger partial charge in [0, 0.05) is 61.5 Å². The van der Waals surface area contributed by atoms with Gasteiger partial charge in [0.2, 0.25) is 5.95 Å². The Morgan fingerprint density at radius 1 is 0.944 bits per heavy atom. The number of fused-ring (bicyclic) bond motifs is 1. The van der Waals surface area contributed by atoms with E-state index in [9.17, 15) is 13.2 Å². The van der Waals surface area contributed by atoms with Crippen molar-refractivity contribution in [3.05, 3.63) is 82.8 Å². The van der Waals surface area contributed by atoms with Crippen molar-refractivity contribution in [2.45, 2.75) is 11.4 Å². The number of nitrogens with zero attached hydrogens (tertiary/aromatic N) is 5. The Morgan fingerprint density at radius 2 is 1.67 bits per heavy atom. The molecule has 3 heterocycles. The fraction of sp³-hybridized carbons (Fsp3) is 0.269. The molecule has 0 spiro atoms. The molecule has 0 radical (unpaired) electrons. The van der Waals surface area contributed by atoms with Crippen molar-refractivity contribution in [2.24, 2.45) is 0 Å². The number of benzene rings is 2. The third-order valence-corrected chi connectivity index (χ3v) is 7.61. The van der Waals surface area contributed by atoms with E-state index in [1.807, 2.05) is 12.1 Å². The third-order valence-electron chi connectivity index (χ3n) is 6.42. The van der Waals surface area contributed by atoms with E-state index in [4.69, 9.17) is 0 Å². The second-order valence-corrected chi connectivity index (χ2v) is 11.1. The average Bonchev–Trinajstić information content (AvgIpc) is 2.86. The van der Waals surface area contributed by atoms with Crippen LogP contribution in [0.5, 0.6) is 0 Å². The first-order valence-electron chi connectivity index (χ1n) is 11.7. The molecule has 0 bridgehead atoms. The first-order valence-corrected chi connectivity index (χ1v) is 13.6. The van der Waals surface area contributed by atoms with Crippen LogP contribution in [0.15, 0.2) is 76.6 Å². The second kappa shape index (κ2) is 9.71. The summed E-state index contributed by atoms with van der Waals surface area (Å²) >= 11 is 0. The average molecular weight is 505 g/mol. The quantitative estimate of drug-likeness (QED) is 0.428. The summed E-state index contributed by atoms with van der Waals surface area (Å²) in [7, 11) is -1.31. The molecule has 10 heteroatoms. The number of pyridine rings is 1. The predicted molar refractivity (Wildman–Crippen MR) is 142 cm³/mol. The van der Waals surface area contributed by atoms with Gasteiger partial charge in [0.05, 0.1) is 11.4 Å². The van der Waals surface area contributed by atoms with Crippen molar-refractivity contribution >= 4 is 38.2 Å². The van der Waals surface area contributed by atoms with Gasteiger partial charge >= 0.3 is 0 Å². The lowest BCUT2D eigenvalue weighted by Crippen LogP contribution is -2.44. The summed E-state index contributed by atoms with van der Waals surface area (Å²) in [6.07, 6.45) is 2.82. The smallest absolute Gasteiger partial charge is 0.252 e. The molecule has 2 aromatic carbocycles. The summed E-state index contributed by atoms with van der Waals surface area (Å²) in [5, 5.41) is 3.90. The molecule has 0 saturated carbocycles. The zero-order chi connectivity index (χ0) is 25.3. The van der Waals surface area contributed by atoms with Gasteiger partial charge < -0.3 is 15.1 Å². The van der Waals surface area contributed by atoms with Crippen molar-refractivity contribution in [2.75, 3.05) is 49.7 Å². The minimum absolute atomic E-state index is 0.0790. The molecule has 1 aliphatic heterocycles. The molecular formula is C26H28N6O3S. The van der Waals surface area contributed by atoms with Gasteiger partial charge in [0.15, 0.2) is 9.84 Å². The predicted octanol–water partition coefficient (Wildman–Crippen LogP) is 2.74. The Labute approximate surface area is 210 Å². The molecule has 36 heavy (non-hydrogen) atoms. The highest BCUT2D eigenvalue weighted by molar-refractivity contribution is 7.90. The molecule has 1 N–H and O–H groups in total. The number of likely N-dealkylation sites (N-methyl/N-ethyl adjacent to an activating group) is 1. The summed E-state index contributed by atoms with van der Waals surface area (Å²) in [5.74, 6) is 0.352. The van der Waals surface area contributed by atoms with Gasteiger partial charge in [-0.2, -0.15) is 4.98 Å². The Morgan fingerprint density at radius 3 is 2.39 bits per heavy atom. The van der Waals surface area contributed by atoms with Gasteiger partial charge in [0.1, 0.15) is 5.65 Å². The monoisotopic (exact) mass is 504 g/mol. The second-order valence-electron chi connectivity index (χ2n) is 9.07. The first-order chi connectivity index (χ1) is 17.3. The number of rotatable bonds is 6. The van der Waals surface area contributed by atoms with Crippen LogP contribution in [0, 0.1) is 0 Å². The molecule has 2 aromatic heterocycles. The lowest BCUT2D eigenvalue weighted by molar-refractivity contribution is 0.313. The van der Waals surface area contributed by atoms with Gasteiger partial charge in [-0.1, -0.05) is 18.2 Å². The highest BCUT2D eigenvalue weighted by atomic mass is 32.2. The number of hydrogen-bond acceptors (Lipinski definition) is 8. The molecule has 1 saturated heterocycles. The van der Waals surface area contributed by atoms with E-state index in [1.165, 1.54) is 16.3 Å². The van der Waals surface area contributed by atoms with E-state index in [1.54, 1.807) is 36.5 Å². The van der Waals surface area contributed by atoms with E-state index < -0.39 is 9.84 Å². The van der Waals surface area contributed by atoms with Crippen molar-refractivity contribution in [1.29, 1.82) is 0 Å². The normalized spacial score (nSPS) is 14.8. The molecule has 0 unspecified atom stereocenters. The molecule has 0 aliphatic carbocycles. The molecule has 1 fully saturated rings. The Balaban J connectivity index is 1.43. The van der Waals surface area contributed by atoms with E-state index in [-0.39, 0.29) is 17.0 Å². The summed E-state index contributed by atoms with van der Waals surface area (Å²) < 4.78 is 26.0. The maximum Gasteiger partial charge on any atom is 0.252 e. The lowest BCUT2D eigenvalue weighted by Gasteiger charge is -2.34. The summed E-state index contributed by atoms with van der Waals surface area (Å²) in [4.78, 5) is 26.7. The minimum Gasteiger partial charge on any atom is -0.369 e. The van der Waals surface area contributed by atoms with Crippen LogP contribution >= 0.6 is 0 Å². The maximum absolute atomic E-state index is 12.8. The summed E-state index contributed by atoms with van der Waals surface area (Å²) in [6.45, 7) is 4.16. The zero-order valence-corrected chi connectivity index (χ0v) is 21.1. The molecule has 9 nitrogen and oxygen atoms in total. The Hall–Kier alpha value is -3.76. The fourth-order valence-corrected chi connectivity index (χ4v) is 5.33. The number of anilines is 3. The molecular weight excluding hydrogens is 476 g/mol. The van der Waals surface area contributed by atoms with Gasteiger partial charge in [-0.15, -0.1) is 0 Å². The van der Waals surface area contributed by atoms with Crippen molar-refractivity contribution in [3.63, 3.8) is 0 Å². The van der Waals surface area contributed by atoms with Crippen LogP contribution in [0.25, 0.3) is 11.0 Å². The van der Waals surface area contributed by atoms with E-state index in [0.717, 1.165) is 38.1 Å². The standard InChI is InChI=1S/C26H28N6O3S/c1-30-13-15-31(16-14-30)22-10-8-21(9-11-22)28-26-27-17-19-7-12-24(33)32(25(19)29-26)18-20-5-3-4-6-23(20)36(2,34)35/h3-12,17H,13-16,18H2,1-2H3,(H,27,28,29). The molecule has 1 aliphatic rings. The van der Waals surface area contributed by atoms with Crippen molar-refractivity contribution in [1.82, 2.24) is 19.4 Å². The van der Waals surface area contributed by atoms with Crippen LogP contribution in [-0.4, -0.2) is 67.3 Å². The van der Waals surface area contributed by atoms with Crippen LogP contribution in [0.3, 0.4) is 0 Å². The number of aromatic nitrogens is 3. The molecule has 0 amide bonds. The third kappa shape index (κ3) is 5.09. The summed E-state index contributed by atoms with van der Waals surface area (Å²) in [5.41, 5.74) is 2.69. The number of hydrogen-bond donors (Lipinski definition) is 1. The van der Waals surface area contributed by atoms with E-state index in [0.29, 0.717) is 22.5 Å². The van der Waals surface area contributed by atoms with E-state index >= 15 is 0 Å². The number of piperazine rings is 1. The van der Waals surface area contributed by atoms with Gasteiger partial charge in [0.25, 0.3) is 5.56 Å². The Bertz CT molecular complexity index is 1560. The molecule has 4 aromatic rings. The van der Waals surface area contributed by atoms with Crippen molar-refractivity contribution < 1.29 is 8.42 Å².